The van der Waals surface area contributed by atoms with Gasteiger partial charge in [-0.25, -0.2) is 8.60 Å². The van der Waals surface area contributed by atoms with Gasteiger partial charge in [-0.05, 0) is 58.4 Å². The summed E-state index contributed by atoms with van der Waals surface area (Å²) in [5.74, 6) is -2.05. The van der Waals surface area contributed by atoms with E-state index >= 15 is 4.39 Å². The van der Waals surface area contributed by atoms with E-state index in [-0.39, 0.29) is 57.0 Å². The highest BCUT2D eigenvalue weighted by atomic mass is 79.9. The Labute approximate surface area is 232 Å². The number of halogens is 4. The molecular weight excluding hydrogens is 612 g/mol. The molecule has 1 unspecified atom stereocenters. The smallest absolute Gasteiger partial charge is 0.228 e. The number of amides is 2. The van der Waals surface area contributed by atoms with Crippen molar-refractivity contribution in [3.8, 4) is 17.6 Å². The maximum atomic E-state index is 15.2. The lowest BCUT2D eigenvalue weighted by atomic mass is 10.1. The van der Waals surface area contributed by atoms with Crippen molar-refractivity contribution in [2.45, 2.75) is 12.8 Å². The highest BCUT2D eigenvalue weighted by molar-refractivity contribution is 9.10. The number of hydrogen-bond acceptors (Lipinski definition) is 5. The second-order valence-corrected chi connectivity index (χ2v) is 10.2. The van der Waals surface area contributed by atoms with Crippen LogP contribution in [0.5, 0.6) is 11.5 Å². The zero-order valence-corrected chi connectivity index (χ0v) is 22.6. The van der Waals surface area contributed by atoms with Crippen molar-refractivity contribution < 1.29 is 27.5 Å². The van der Waals surface area contributed by atoms with Crippen LogP contribution in [0.15, 0.2) is 53.0 Å². The molecule has 8 nitrogen and oxygen atoms in total. The lowest BCUT2D eigenvalue weighted by Crippen LogP contribution is -2.16. The van der Waals surface area contributed by atoms with E-state index in [0.29, 0.717) is 10.2 Å². The molecular formula is C24H17BrCl2FN3O5S. The average Bonchev–Trinajstić information content (AvgIpc) is 2.83. The third-order valence-electron chi connectivity index (χ3n) is 4.73. The Morgan fingerprint density at radius 1 is 1.11 bits per heavy atom. The molecule has 0 saturated heterocycles. The van der Waals surface area contributed by atoms with Crippen LogP contribution in [0.2, 0.25) is 10.0 Å². The first-order chi connectivity index (χ1) is 17.5. The van der Waals surface area contributed by atoms with Gasteiger partial charge >= 0.3 is 0 Å². The molecule has 0 aliphatic rings. The van der Waals surface area contributed by atoms with Crippen molar-refractivity contribution in [2.75, 3.05) is 16.4 Å². The summed E-state index contributed by atoms with van der Waals surface area (Å²) in [7, 11) is 0. The molecule has 2 amide bonds. The van der Waals surface area contributed by atoms with Crippen molar-refractivity contribution in [3.05, 3.63) is 80.0 Å². The number of hydrogen-bond donors (Lipinski definition) is 3. The number of nitrogens with one attached hydrogen (secondary N) is 2. The summed E-state index contributed by atoms with van der Waals surface area (Å²) in [5.41, 5.74) is 0.842. The van der Waals surface area contributed by atoms with Gasteiger partial charge in [0.25, 0.3) is 0 Å². The average molecular weight is 629 g/mol. The summed E-state index contributed by atoms with van der Waals surface area (Å²) >= 11 is 13.3. The van der Waals surface area contributed by atoms with Crippen molar-refractivity contribution >= 4 is 73.4 Å². The van der Waals surface area contributed by atoms with Crippen molar-refractivity contribution in [1.82, 2.24) is 0 Å². The first-order valence-electron chi connectivity index (χ1n) is 10.4. The number of nitrogens with zero attached hydrogens (tertiary/aromatic N) is 1. The third kappa shape index (κ3) is 8.24. The summed E-state index contributed by atoms with van der Waals surface area (Å²) in [6, 6.07) is 13.5. The predicted octanol–water partition coefficient (Wildman–Crippen LogP) is 6.29. The van der Waals surface area contributed by atoms with E-state index in [1.807, 2.05) is 6.07 Å². The van der Waals surface area contributed by atoms with Gasteiger partial charge in [0, 0.05) is 22.7 Å². The number of carbonyl (C=O) groups excluding carboxylic acids is 2. The lowest BCUT2D eigenvalue weighted by molar-refractivity contribution is -0.116. The number of nitriles is 1. The minimum atomic E-state index is -2.08. The first-order valence-corrected chi connectivity index (χ1v) is 13.2. The van der Waals surface area contributed by atoms with Crippen LogP contribution >= 0.6 is 39.1 Å². The van der Waals surface area contributed by atoms with E-state index in [0.717, 1.165) is 0 Å². The minimum absolute atomic E-state index is 0.0412. The molecule has 0 heterocycles. The normalized spacial score (nSPS) is 11.4. The number of carbonyl (C=O) groups is 2. The summed E-state index contributed by atoms with van der Waals surface area (Å²) in [6.45, 7) is 0. The Morgan fingerprint density at radius 2 is 1.86 bits per heavy atom. The van der Waals surface area contributed by atoms with Gasteiger partial charge in [-0.15, -0.1) is 0 Å². The van der Waals surface area contributed by atoms with Gasteiger partial charge in [0.15, 0.2) is 22.6 Å². The molecule has 3 aromatic rings. The van der Waals surface area contributed by atoms with Crippen molar-refractivity contribution in [1.29, 1.82) is 5.26 Å². The van der Waals surface area contributed by atoms with E-state index in [1.165, 1.54) is 48.5 Å². The third-order valence-corrected chi connectivity index (χ3v) is 6.44. The topological polar surface area (TPSA) is 129 Å². The Bertz CT molecular complexity index is 1430. The molecule has 192 valence electrons. The molecule has 0 saturated carbocycles. The van der Waals surface area contributed by atoms with Crippen molar-refractivity contribution in [3.63, 3.8) is 0 Å². The van der Waals surface area contributed by atoms with Crippen LogP contribution in [0, 0.1) is 17.1 Å². The minimum Gasteiger partial charge on any atom is -0.453 e. The van der Waals surface area contributed by atoms with Crippen molar-refractivity contribution in [2.24, 2.45) is 0 Å². The molecule has 0 bridgehead atoms. The van der Waals surface area contributed by atoms with Gasteiger partial charge in [0.05, 0.1) is 39.0 Å². The van der Waals surface area contributed by atoms with Crippen LogP contribution in [0.25, 0.3) is 0 Å². The Balaban J connectivity index is 1.70. The SMILES string of the molecule is N#Cc1cc(Cl)cc(Oc2c(Br)ccc(CC(=O)Nc3ccc(NC(=O)CCS(=O)O)cc3Cl)c2F)c1. The molecule has 0 spiro atoms. The zero-order chi connectivity index (χ0) is 27.1. The van der Waals surface area contributed by atoms with E-state index in [9.17, 15) is 13.8 Å². The molecule has 0 aromatic heterocycles. The van der Waals surface area contributed by atoms with E-state index < -0.39 is 28.7 Å². The zero-order valence-electron chi connectivity index (χ0n) is 18.7. The summed E-state index contributed by atoms with van der Waals surface area (Å²) in [5, 5.41) is 14.6. The lowest BCUT2D eigenvalue weighted by Gasteiger charge is -2.13. The molecule has 0 aliphatic carbocycles. The summed E-state index contributed by atoms with van der Waals surface area (Å²) in [6.07, 6.45) is -0.498. The maximum Gasteiger partial charge on any atom is 0.228 e. The molecule has 37 heavy (non-hydrogen) atoms. The fraction of sp³-hybridized carbons (Fsp3) is 0.125. The molecule has 13 heteroatoms. The fourth-order valence-electron chi connectivity index (χ4n) is 3.07. The number of ether oxygens (including phenoxy) is 1. The van der Waals surface area contributed by atoms with Gasteiger partial charge in [0.1, 0.15) is 5.75 Å². The van der Waals surface area contributed by atoms with Gasteiger partial charge in [-0.2, -0.15) is 5.26 Å². The fourth-order valence-corrected chi connectivity index (χ4v) is 4.27. The van der Waals surface area contributed by atoms with E-state index in [4.69, 9.17) is 37.8 Å². The van der Waals surface area contributed by atoms with Crippen LogP contribution in [0.3, 0.4) is 0 Å². The van der Waals surface area contributed by atoms with Crippen LogP contribution < -0.4 is 15.4 Å². The van der Waals surface area contributed by atoms with E-state index in [1.54, 1.807) is 0 Å². The molecule has 0 aliphatic heterocycles. The van der Waals surface area contributed by atoms with Crippen LogP contribution in [-0.4, -0.2) is 26.3 Å². The number of anilines is 2. The number of benzene rings is 3. The highest BCUT2D eigenvalue weighted by Gasteiger charge is 2.18. The highest BCUT2D eigenvalue weighted by Crippen LogP contribution is 2.36. The molecule has 3 aromatic carbocycles. The largest absolute Gasteiger partial charge is 0.453 e. The summed E-state index contributed by atoms with van der Waals surface area (Å²) in [4.78, 5) is 24.4. The standard InChI is InChI=1S/C24H17BrCl2FN3O5S/c25-18-3-1-14(23(28)24(18)36-17-8-13(12-29)7-15(26)10-17)9-22(33)31-20-4-2-16(11-19(20)27)30-21(32)5-6-37(34)35/h1-4,7-8,10-11H,5-6,9H2,(H,30,32)(H,31,33)(H,34,35). The molecule has 3 rings (SSSR count). The van der Waals surface area contributed by atoms with Gasteiger partial charge < -0.3 is 19.9 Å². The number of rotatable bonds is 9. The second kappa shape index (κ2) is 13.0. The Kier molecular flexibility index (Phi) is 10.0. The Hall–Kier alpha value is -3.01. The first kappa shape index (κ1) is 28.6. The van der Waals surface area contributed by atoms with Crippen LogP contribution in [-0.2, 0) is 27.1 Å². The quantitative estimate of drug-likeness (QED) is 0.239. The predicted molar refractivity (Wildman–Crippen MR) is 143 cm³/mol. The van der Waals surface area contributed by atoms with Crippen LogP contribution in [0.1, 0.15) is 17.5 Å². The van der Waals surface area contributed by atoms with Crippen LogP contribution in [0.4, 0.5) is 15.8 Å². The second-order valence-electron chi connectivity index (χ2n) is 7.48. The molecule has 3 N–H and O–H groups in total. The van der Waals surface area contributed by atoms with E-state index in [2.05, 4.69) is 26.6 Å². The maximum absolute atomic E-state index is 15.2. The Morgan fingerprint density at radius 3 is 2.54 bits per heavy atom. The summed E-state index contributed by atoms with van der Waals surface area (Å²) < 4.78 is 40.6. The monoisotopic (exact) mass is 627 g/mol. The van der Waals surface area contributed by atoms with Gasteiger partial charge in [-0.3, -0.25) is 9.59 Å². The van der Waals surface area contributed by atoms with Gasteiger partial charge in [0.2, 0.25) is 11.8 Å². The molecule has 0 fully saturated rings. The molecule has 1 atom stereocenters. The molecule has 0 radical (unpaired) electrons. The van der Waals surface area contributed by atoms with Gasteiger partial charge in [-0.1, -0.05) is 29.3 Å².